The molecule has 210 valence electrons. The third kappa shape index (κ3) is 18.8. The van der Waals surface area contributed by atoms with Crippen LogP contribution in [0.2, 0.25) is 0 Å². The third-order valence-electron chi connectivity index (χ3n) is 4.72. The molecule has 0 aliphatic heterocycles. The van der Waals surface area contributed by atoms with Crippen LogP contribution in [0.4, 0.5) is 0 Å². The molecule has 4 amide bonds. The highest BCUT2D eigenvalue weighted by Crippen LogP contribution is 2.20. The normalized spacial score (nSPS) is 10.7. The molecule has 12 nitrogen and oxygen atoms in total. The summed E-state index contributed by atoms with van der Waals surface area (Å²) in [4.78, 5) is 45.5. The fourth-order valence-electron chi connectivity index (χ4n) is 2.75. The summed E-state index contributed by atoms with van der Waals surface area (Å²) < 4.78 is 23.3. The van der Waals surface area contributed by atoms with E-state index in [-0.39, 0.29) is 96.1 Å². The van der Waals surface area contributed by atoms with Gasteiger partial charge >= 0.3 is 0 Å². The van der Waals surface area contributed by atoms with E-state index in [0.717, 1.165) is 0 Å². The van der Waals surface area contributed by atoms with E-state index in [1.54, 1.807) is 6.92 Å². The van der Waals surface area contributed by atoms with E-state index < -0.39 is 5.41 Å². The first-order valence-corrected chi connectivity index (χ1v) is 12.1. The number of carbonyl (C=O) groups is 4. The Kier molecular flexibility index (Phi) is 20.3. The van der Waals surface area contributed by atoms with Crippen LogP contribution in [0.15, 0.2) is 38.0 Å². The van der Waals surface area contributed by atoms with Gasteiger partial charge in [-0.2, -0.15) is 0 Å². The molecule has 0 radical (unpaired) electrons. The Morgan fingerprint density at radius 3 is 1.16 bits per heavy atom. The fraction of sp³-hybridized carbons (Fsp3) is 0.600. The van der Waals surface area contributed by atoms with Crippen LogP contribution in [0, 0.1) is 5.41 Å². The van der Waals surface area contributed by atoms with Gasteiger partial charge in [0.25, 0.3) is 0 Å². The number of amides is 4. The molecule has 0 aromatic rings. The van der Waals surface area contributed by atoms with E-state index in [1.165, 1.54) is 18.2 Å². The molecule has 0 saturated heterocycles. The Morgan fingerprint density at radius 1 is 0.595 bits per heavy atom. The van der Waals surface area contributed by atoms with Crippen molar-refractivity contribution in [1.82, 2.24) is 21.3 Å². The Balaban J connectivity index is 5.09. The lowest BCUT2D eigenvalue weighted by Gasteiger charge is -2.33. The van der Waals surface area contributed by atoms with Crippen molar-refractivity contribution in [1.29, 1.82) is 0 Å². The summed E-state index contributed by atoms with van der Waals surface area (Å²) in [6.45, 7) is 14.9. The molecule has 0 aliphatic rings. The molecule has 0 aliphatic carbocycles. The van der Waals surface area contributed by atoms with Crippen LogP contribution in [0.1, 0.15) is 13.3 Å². The van der Waals surface area contributed by atoms with Crippen molar-refractivity contribution in [3.8, 4) is 0 Å². The summed E-state index contributed by atoms with van der Waals surface area (Å²) in [5.74, 6) is -0.985. The minimum atomic E-state index is -0.748. The first-order chi connectivity index (χ1) is 17.8. The first-order valence-electron chi connectivity index (χ1n) is 12.1. The topological polar surface area (TPSA) is 153 Å². The summed E-state index contributed by atoms with van der Waals surface area (Å²) in [7, 11) is 0. The molecule has 12 heteroatoms. The Hall–Kier alpha value is -3.06. The molecule has 0 rings (SSSR count). The van der Waals surface area contributed by atoms with E-state index in [0.29, 0.717) is 13.0 Å². The van der Waals surface area contributed by atoms with E-state index in [4.69, 9.17) is 18.9 Å². The zero-order valence-corrected chi connectivity index (χ0v) is 21.8. The molecule has 0 aromatic carbocycles. The Morgan fingerprint density at radius 2 is 0.892 bits per heavy atom. The van der Waals surface area contributed by atoms with Gasteiger partial charge in [-0.15, -0.1) is 0 Å². The van der Waals surface area contributed by atoms with E-state index in [2.05, 4.69) is 41.0 Å². The van der Waals surface area contributed by atoms with Crippen LogP contribution < -0.4 is 21.3 Å². The molecule has 37 heavy (non-hydrogen) atoms. The maximum atomic E-state index is 11.5. The van der Waals surface area contributed by atoms with Gasteiger partial charge in [0.2, 0.25) is 23.6 Å². The summed E-state index contributed by atoms with van der Waals surface area (Å²) in [5.41, 5.74) is -0.748. The number of hydrogen-bond acceptors (Lipinski definition) is 8. The minimum Gasteiger partial charge on any atom is -0.379 e. The fourth-order valence-corrected chi connectivity index (χ4v) is 2.75. The van der Waals surface area contributed by atoms with E-state index in [9.17, 15) is 19.2 Å². The minimum absolute atomic E-state index is 0.0745. The van der Waals surface area contributed by atoms with Crippen LogP contribution in [0.5, 0.6) is 0 Å². The Labute approximate surface area is 219 Å². The van der Waals surface area contributed by atoms with Crippen molar-refractivity contribution in [2.45, 2.75) is 13.3 Å². The predicted molar refractivity (Wildman–Crippen MR) is 139 cm³/mol. The predicted octanol–water partition coefficient (Wildman–Crippen LogP) is -0.528. The van der Waals surface area contributed by atoms with Crippen LogP contribution in [-0.2, 0) is 38.1 Å². The highest BCUT2D eigenvalue weighted by atomic mass is 16.5. The van der Waals surface area contributed by atoms with Gasteiger partial charge in [0.15, 0.2) is 0 Å². The molecule has 0 heterocycles. The largest absolute Gasteiger partial charge is 0.379 e. The van der Waals surface area contributed by atoms with Crippen molar-refractivity contribution in [3.05, 3.63) is 38.0 Å². The van der Waals surface area contributed by atoms with Crippen molar-refractivity contribution < 1.29 is 38.1 Å². The van der Waals surface area contributed by atoms with Gasteiger partial charge in [-0.1, -0.05) is 26.7 Å². The molecular formula is C25H42N4O8. The monoisotopic (exact) mass is 526 g/mol. The summed E-state index contributed by atoms with van der Waals surface area (Å²) >= 11 is 0. The molecule has 0 aromatic heterocycles. The number of carbonyl (C=O) groups excluding carboxylic acids is 4. The average molecular weight is 527 g/mol. The molecule has 4 N–H and O–H groups in total. The van der Waals surface area contributed by atoms with Gasteiger partial charge in [-0.3, -0.25) is 19.2 Å². The highest BCUT2D eigenvalue weighted by molar-refractivity contribution is 5.87. The second-order valence-corrected chi connectivity index (χ2v) is 7.90. The number of hydrogen-bond donors (Lipinski definition) is 4. The second kappa shape index (κ2) is 22.2. The van der Waals surface area contributed by atoms with Crippen molar-refractivity contribution >= 4 is 23.6 Å². The summed E-state index contributed by atoms with van der Waals surface area (Å²) in [6, 6.07) is 0. The first kappa shape index (κ1) is 33.9. The maximum Gasteiger partial charge on any atom is 0.243 e. The molecule has 0 bridgehead atoms. The lowest BCUT2D eigenvalue weighted by molar-refractivity contribution is -0.121. The smallest absolute Gasteiger partial charge is 0.243 e. The van der Waals surface area contributed by atoms with Gasteiger partial charge in [0.1, 0.15) is 0 Å². The number of ether oxygens (including phenoxy) is 4. The third-order valence-corrected chi connectivity index (χ3v) is 4.72. The van der Waals surface area contributed by atoms with Crippen LogP contribution in [0.25, 0.3) is 0 Å². The van der Waals surface area contributed by atoms with Crippen LogP contribution in [-0.4, -0.2) is 103 Å². The second-order valence-electron chi connectivity index (χ2n) is 7.90. The quantitative estimate of drug-likeness (QED) is 0.0967. The highest BCUT2D eigenvalue weighted by Gasteiger charge is 2.32. The summed E-state index contributed by atoms with van der Waals surface area (Å²) in [5, 5.41) is 10.6. The van der Waals surface area contributed by atoms with E-state index >= 15 is 0 Å². The van der Waals surface area contributed by atoms with Gasteiger partial charge < -0.3 is 40.2 Å². The van der Waals surface area contributed by atoms with Gasteiger partial charge in [-0.25, -0.2) is 0 Å². The lowest BCUT2D eigenvalue weighted by Crippen LogP contribution is -2.44. The van der Waals surface area contributed by atoms with Crippen LogP contribution in [0.3, 0.4) is 0 Å². The molecular weight excluding hydrogens is 484 g/mol. The van der Waals surface area contributed by atoms with Crippen LogP contribution >= 0.6 is 0 Å². The van der Waals surface area contributed by atoms with Gasteiger partial charge in [0.05, 0.1) is 58.3 Å². The van der Waals surface area contributed by atoms with Crippen molar-refractivity contribution in [3.63, 3.8) is 0 Å². The molecule has 0 atom stereocenters. The van der Waals surface area contributed by atoms with Gasteiger partial charge in [-0.05, 0) is 18.2 Å². The van der Waals surface area contributed by atoms with Gasteiger partial charge in [0, 0.05) is 32.6 Å². The van der Waals surface area contributed by atoms with Crippen molar-refractivity contribution in [2.75, 3.05) is 79.0 Å². The maximum absolute atomic E-state index is 11.5. The zero-order valence-electron chi connectivity index (χ0n) is 21.8. The van der Waals surface area contributed by atoms with Crippen molar-refractivity contribution in [2.24, 2.45) is 5.41 Å². The molecule has 0 fully saturated rings. The molecule has 0 spiro atoms. The standard InChI is InChI=1S/C25H42N4O8/c1-5-21(30)26-9-13-34-17-25(18-35-14-10-27-22(31)6-2,19-36-15-11-28-23(32)7-3)20-37-16-12-29-24(33)8-4/h5-7H,1-3,8-20H2,4H3,(H,26,30)(H,27,31)(H,28,32)(H,29,33). The Bertz CT molecular complexity index is 655. The lowest BCUT2D eigenvalue weighted by atomic mass is 9.92. The summed E-state index contributed by atoms with van der Waals surface area (Å²) in [6.07, 6.45) is 3.90. The molecule has 0 unspecified atom stereocenters. The SMILES string of the molecule is C=CC(=O)NCCOCC(COCCNC(=O)C=C)(COCCNC(=O)C=C)COCCNC(=O)CC. The number of nitrogens with one attached hydrogen (secondary N) is 4. The van der Waals surface area contributed by atoms with E-state index in [1.807, 2.05) is 0 Å². The average Bonchev–Trinajstić information content (AvgIpc) is 2.91. The molecule has 0 saturated carbocycles. The number of rotatable bonds is 24. The zero-order chi connectivity index (χ0) is 27.8.